The smallest absolute Gasteiger partial charge is 0.415 e. The number of nitrogens with one attached hydrogen (secondary N) is 1. The molecule has 0 saturated heterocycles. The number of tetrazole rings is 1. The Morgan fingerprint density at radius 3 is 1.28 bits per heavy atom. The first-order chi connectivity index (χ1) is 7.70. The van der Waals surface area contributed by atoms with Gasteiger partial charge in [0.25, 0.3) is 0 Å². The summed E-state index contributed by atoms with van der Waals surface area (Å²) < 4.78 is 0.250. The van der Waals surface area contributed by atoms with Crippen LogP contribution < -0.4 is 17.2 Å². The first-order valence-electron chi connectivity index (χ1n) is 3.19. The summed E-state index contributed by atoms with van der Waals surface area (Å²) in [5.41, 5.74) is 14.0. The largest absolute Gasteiger partial charge is 4.00 e. The molecule has 0 aliphatic heterocycles. The van der Waals surface area contributed by atoms with E-state index in [1.165, 1.54) is 0 Å². The van der Waals surface area contributed by atoms with E-state index in [1.54, 1.807) is 0 Å². The standard InChI is InChI=1S/CHN4.3CH3NS2.Mo/c1-2-4-5-3-1;3*2-1(3)4;/h(H,2,3,4,5);3*(H3,2,3,4);/q-1;;;;+4/p-3. The number of H-pyrrole nitrogens is 1. The van der Waals surface area contributed by atoms with E-state index in [9.17, 15) is 0 Å². The van der Waals surface area contributed by atoms with E-state index in [4.69, 9.17) is 0 Å². The quantitative estimate of drug-likeness (QED) is 0.159. The number of hydrogen-bond donors (Lipinski definition) is 4. The summed E-state index contributed by atoms with van der Waals surface area (Å²) in [7, 11) is 0. The number of nitrogens with zero attached hydrogens (tertiary/aromatic N) is 3. The van der Waals surface area contributed by atoms with E-state index in [2.05, 4.69) is 119 Å². The molecule has 0 radical (unpaired) electrons. The minimum atomic E-state index is 0. The molecule has 1 aromatic rings. The van der Waals surface area contributed by atoms with Crippen LogP contribution in [0.2, 0.25) is 0 Å². The van der Waals surface area contributed by atoms with Crippen molar-refractivity contribution in [2.45, 2.75) is 0 Å². The topological polar surface area (TPSA) is 133 Å². The van der Waals surface area contributed by atoms with E-state index < -0.39 is 0 Å². The first-order valence-corrected chi connectivity index (χ1v) is 5.63. The van der Waals surface area contributed by atoms with Crippen LogP contribution >= 0.6 is 36.7 Å². The number of nitrogens with two attached hydrogens (primary N) is 3. The summed E-state index contributed by atoms with van der Waals surface area (Å²) in [4.78, 5) is 0. The van der Waals surface area contributed by atoms with Gasteiger partial charge in [-0.2, -0.15) is 0 Å². The Morgan fingerprint density at radius 2 is 1.22 bits per heavy atom. The monoisotopic (exact) mass is 443 g/mol. The molecule has 0 aromatic carbocycles. The molecule has 0 atom stereocenters. The Kier molecular flexibility index (Phi) is 32.9. The third-order valence-electron chi connectivity index (χ3n) is 0.239. The van der Waals surface area contributed by atoms with Gasteiger partial charge >= 0.3 is 21.1 Å². The predicted octanol–water partition coefficient (Wildman–Crippen LogP) is -1.67. The van der Waals surface area contributed by atoms with Crippen molar-refractivity contribution in [2.24, 2.45) is 17.2 Å². The fourth-order valence-corrected chi connectivity index (χ4v) is 0.112. The van der Waals surface area contributed by atoms with Crippen LogP contribution in [0.1, 0.15) is 0 Å². The average Bonchev–Trinajstić information content (AvgIpc) is 2.53. The Bertz CT molecular complexity index is 247. The molecule has 7 nitrogen and oxygen atoms in total. The molecule has 0 saturated carbocycles. The van der Waals surface area contributed by atoms with Gasteiger partial charge < -0.3 is 102 Å². The molecule has 0 unspecified atom stereocenters. The second-order valence-corrected chi connectivity index (χ2v) is 4.88. The van der Waals surface area contributed by atoms with E-state index in [1.807, 2.05) is 0 Å². The number of hydrogen-bond acceptors (Lipinski definition) is 9. The molecule has 0 amide bonds. The third kappa shape index (κ3) is 141. The van der Waals surface area contributed by atoms with Gasteiger partial charge in [-0.15, -0.1) is 0 Å². The SMILES string of the molecule is NC(=S)[S-].NC(=S)[S-].NC(=S)[S-].[Mo+4].[c-]1nn[nH]n1. The zero-order valence-electron chi connectivity index (χ0n) is 8.43. The van der Waals surface area contributed by atoms with Crippen molar-refractivity contribution in [3.63, 3.8) is 0 Å². The van der Waals surface area contributed by atoms with Crippen LogP contribution in [-0.2, 0) is 59.0 Å². The minimum absolute atomic E-state index is 0. The van der Waals surface area contributed by atoms with E-state index in [0.717, 1.165) is 0 Å². The minimum Gasteiger partial charge on any atom is -0.415 e. The molecule has 100 valence electrons. The van der Waals surface area contributed by atoms with Gasteiger partial charge in [-0.05, 0) is 0 Å². The summed E-state index contributed by atoms with van der Waals surface area (Å²) in [6.07, 6.45) is 2.19. The summed E-state index contributed by atoms with van der Waals surface area (Å²) in [5.74, 6) is 0. The average molecular weight is 441 g/mol. The molecular formula is C4H7MoN7S6. The van der Waals surface area contributed by atoms with Gasteiger partial charge in [0, 0.05) is 0 Å². The maximum absolute atomic E-state index is 4.66. The van der Waals surface area contributed by atoms with E-state index in [-0.39, 0.29) is 34.0 Å². The molecule has 1 aromatic heterocycles. The van der Waals surface area contributed by atoms with Crippen molar-refractivity contribution in [3.8, 4) is 0 Å². The second-order valence-electron chi connectivity index (χ2n) is 1.47. The van der Waals surface area contributed by atoms with Crippen molar-refractivity contribution in [3.05, 3.63) is 6.33 Å². The molecule has 0 aliphatic carbocycles. The molecule has 0 fully saturated rings. The molecule has 14 heteroatoms. The van der Waals surface area contributed by atoms with Gasteiger partial charge in [0.15, 0.2) is 0 Å². The summed E-state index contributed by atoms with van der Waals surface area (Å²) in [5, 5.41) is 11.8. The third-order valence-corrected chi connectivity index (χ3v) is 0.239. The van der Waals surface area contributed by atoms with Crippen LogP contribution in [0.4, 0.5) is 0 Å². The number of aromatic amines is 1. The summed E-state index contributed by atoms with van der Waals surface area (Å²) >= 11 is 24.8. The number of aromatic nitrogens is 4. The van der Waals surface area contributed by atoms with Crippen LogP contribution in [-0.4, -0.2) is 33.6 Å². The Balaban J connectivity index is -0.0000000719. The Morgan fingerprint density at radius 1 is 0.944 bits per heavy atom. The van der Waals surface area contributed by atoms with Crippen LogP contribution in [0, 0.1) is 6.33 Å². The molecule has 0 aliphatic rings. The van der Waals surface area contributed by atoms with Crippen molar-refractivity contribution in [1.82, 2.24) is 20.6 Å². The van der Waals surface area contributed by atoms with Gasteiger partial charge in [-0.25, -0.2) is 11.5 Å². The molecule has 1 rings (SSSR count). The van der Waals surface area contributed by atoms with Crippen molar-refractivity contribution >= 4 is 87.5 Å². The van der Waals surface area contributed by atoms with Crippen LogP contribution in [0.25, 0.3) is 0 Å². The van der Waals surface area contributed by atoms with Crippen LogP contribution in [0.5, 0.6) is 0 Å². The molecule has 0 spiro atoms. The fourth-order valence-electron chi connectivity index (χ4n) is 0.112. The van der Waals surface area contributed by atoms with Crippen LogP contribution in [0.3, 0.4) is 0 Å². The maximum Gasteiger partial charge on any atom is 4.00 e. The van der Waals surface area contributed by atoms with Crippen molar-refractivity contribution in [2.75, 3.05) is 0 Å². The maximum atomic E-state index is 4.66. The van der Waals surface area contributed by atoms with E-state index in [0.29, 0.717) is 0 Å². The molecule has 18 heavy (non-hydrogen) atoms. The van der Waals surface area contributed by atoms with E-state index >= 15 is 0 Å². The van der Waals surface area contributed by atoms with Crippen molar-refractivity contribution in [1.29, 1.82) is 0 Å². The van der Waals surface area contributed by atoms with Gasteiger partial charge in [0.05, 0.1) is 0 Å². The zero-order chi connectivity index (χ0) is 14.3. The molecule has 0 bridgehead atoms. The molecule has 7 N–H and O–H groups in total. The summed E-state index contributed by atoms with van der Waals surface area (Å²) in [6.45, 7) is 0. The number of rotatable bonds is 0. The summed E-state index contributed by atoms with van der Waals surface area (Å²) in [6, 6.07) is 0. The molecular weight excluding hydrogens is 434 g/mol. The van der Waals surface area contributed by atoms with Crippen molar-refractivity contribution < 1.29 is 21.1 Å². The van der Waals surface area contributed by atoms with Gasteiger partial charge in [-0.1, -0.05) is 18.2 Å². The number of thiocarbonyl (C=S) groups is 3. The van der Waals surface area contributed by atoms with Crippen LogP contribution in [0.15, 0.2) is 0 Å². The fraction of sp³-hybridized carbons (Fsp3) is 0. The predicted molar refractivity (Wildman–Crippen MR) is 85.5 cm³/mol. The molecule has 1 heterocycles. The zero-order valence-corrected chi connectivity index (χ0v) is 15.3. The van der Waals surface area contributed by atoms with Gasteiger partial charge in [0.2, 0.25) is 0 Å². The first kappa shape index (κ1) is 26.6. The Labute approximate surface area is 151 Å². The van der Waals surface area contributed by atoms with Gasteiger partial charge in [0.1, 0.15) is 0 Å². The normalized spacial score (nSPS) is 6.22. The second kappa shape index (κ2) is 22.3. The Hall–Kier alpha value is 0.0883. The van der Waals surface area contributed by atoms with Gasteiger partial charge in [-0.3, -0.25) is 0 Å².